The van der Waals surface area contributed by atoms with Gasteiger partial charge in [-0.15, -0.1) is 0 Å². The van der Waals surface area contributed by atoms with Gasteiger partial charge in [-0.1, -0.05) is 26.0 Å². The second-order valence-corrected chi connectivity index (χ2v) is 7.98. The number of aromatic nitrogens is 3. The van der Waals surface area contributed by atoms with Crippen LogP contribution >= 0.6 is 0 Å². The predicted molar refractivity (Wildman–Crippen MR) is 115 cm³/mol. The lowest BCUT2D eigenvalue weighted by Crippen LogP contribution is -2.52. The van der Waals surface area contributed by atoms with E-state index in [9.17, 15) is 14.4 Å². The predicted octanol–water partition coefficient (Wildman–Crippen LogP) is 3.11. The van der Waals surface area contributed by atoms with Crippen LogP contribution in [0.4, 0.5) is 4.39 Å². The molecule has 31 heavy (non-hydrogen) atoms. The Morgan fingerprint density at radius 1 is 1.10 bits per heavy atom. The SMILES string of the molecule is CC(C)C(C#N)N1CCN(C(=O)c2cnn(-c3ccccc3F)c2-n2cccc2)CC1. The van der Waals surface area contributed by atoms with Gasteiger partial charge in [-0.3, -0.25) is 9.69 Å². The highest BCUT2D eigenvalue weighted by Gasteiger charge is 2.30. The lowest BCUT2D eigenvalue weighted by Gasteiger charge is -2.38. The van der Waals surface area contributed by atoms with E-state index in [4.69, 9.17) is 0 Å². The molecule has 1 amide bonds. The number of hydrogen-bond donors (Lipinski definition) is 0. The van der Waals surface area contributed by atoms with Crippen LogP contribution in [-0.4, -0.2) is 62.3 Å². The zero-order chi connectivity index (χ0) is 22.0. The van der Waals surface area contributed by atoms with Gasteiger partial charge in [-0.05, 0) is 30.2 Å². The van der Waals surface area contributed by atoms with Crippen molar-refractivity contribution in [1.29, 1.82) is 5.26 Å². The smallest absolute Gasteiger partial charge is 0.259 e. The molecule has 7 nitrogen and oxygen atoms in total. The van der Waals surface area contributed by atoms with Gasteiger partial charge in [0.2, 0.25) is 0 Å². The third-order valence-corrected chi connectivity index (χ3v) is 5.66. The van der Waals surface area contributed by atoms with Gasteiger partial charge in [-0.2, -0.15) is 10.4 Å². The van der Waals surface area contributed by atoms with Gasteiger partial charge >= 0.3 is 0 Å². The zero-order valence-corrected chi connectivity index (χ0v) is 17.6. The molecule has 160 valence electrons. The Labute approximate surface area is 180 Å². The molecule has 0 radical (unpaired) electrons. The molecule has 1 atom stereocenters. The van der Waals surface area contributed by atoms with E-state index >= 15 is 0 Å². The fourth-order valence-corrected chi connectivity index (χ4v) is 4.04. The van der Waals surface area contributed by atoms with Crippen LogP contribution < -0.4 is 0 Å². The van der Waals surface area contributed by atoms with Crippen molar-refractivity contribution in [3.05, 3.63) is 66.4 Å². The molecule has 1 aliphatic heterocycles. The quantitative estimate of drug-likeness (QED) is 0.636. The molecule has 0 N–H and O–H groups in total. The Morgan fingerprint density at radius 3 is 2.39 bits per heavy atom. The van der Waals surface area contributed by atoms with Crippen LogP contribution in [0.3, 0.4) is 0 Å². The summed E-state index contributed by atoms with van der Waals surface area (Å²) in [6.45, 7) is 6.40. The summed E-state index contributed by atoms with van der Waals surface area (Å²) in [7, 11) is 0. The van der Waals surface area contributed by atoms with Crippen LogP contribution in [0.2, 0.25) is 0 Å². The lowest BCUT2D eigenvalue weighted by atomic mass is 10.0. The molecule has 1 fully saturated rings. The van der Waals surface area contributed by atoms with Gasteiger partial charge in [0, 0.05) is 38.6 Å². The van der Waals surface area contributed by atoms with E-state index in [0.29, 0.717) is 37.6 Å². The van der Waals surface area contributed by atoms with Crippen LogP contribution in [-0.2, 0) is 0 Å². The minimum absolute atomic E-state index is 0.149. The number of carbonyl (C=O) groups is 1. The standard InChI is InChI=1S/C23H25FN6O/c1-17(2)21(15-25)27-11-13-29(14-12-27)23(31)18-16-26-30(20-8-4-3-7-19(20)24)22(18)28-9-5-6-10-28/h3-10,16-17,21H,11-14H2,1-2H3. The van der Waals surface area contributed by atoms with Crippen molar-refractivity contribution < 1.29 is 9.18 Å². The summed E-state index contributed by atoms with van der Waals surface area (Å²) in [5, 5.41) is 13.8. The highest BCUT2D eigenvalue weighted by Crippen LogP contribution is 2.24. The number of para-hydroxylation sites is 1. The normalized spacial score (nSPS) is 15.8. The number of piperazine rings is 1. The van der Waals surface area contributed by atoms with Gasteiger partial charge in [0.15, 0.2) is 5.82 Å². The second-order valence-electron chi connectivity index (χ2n) is 7.98. The monoisotopic (exact) mass is 420 g/mol. The molecule has 0 saturated carbocycles. The van der Waals surface area contributed by atoms with Crippen molar-refractivity contribution >= 4 is 5.91 Å². The molecule has 0 spiro atoms. The first-order valence-corrected chi connectivity index (χ1v) is 10.4. The molecule has 1 saturated heterocycles. The summed E-state index contributed by atoms with van der Waals surface area (Å²) in [5.74, 6) is 0.165. The lowest BCUT2D eigenvalue weighted by molar-refractivity contribution is 0.0576. The summed E-state index contributed by atoms with van der Waals surface area (Å²) < 4.78 is 17.7. The molecule has 3 aromatic rings. The Balaban J connectivity index is 1.63. The molecule has 3 heterocycles. The highest BCUT2D eigenvalue weighted by molar-refractivity contribution is 5.97. The average Bonchev–Trinajstić information content (AvgIpc) is 3.44. The minimum Gasteiger partial charge on any atom is -0.336 e. The number of halogens is 1. The highest BCUT2D eigenvalue weighted by atomic mass is 19.1. The molecule has 0 bridgehead atoms. The van der Waals surface area contributed by atoms with E-state index < -0.39 is 5.82 Å². The fraction of sp³-hybridized carbons (Fsp3) is 0.348. The largest absolute Gasteiger partial charge is 0.336 e. The minimum atomic E-state index is -0.414. The van der Waals surface area contributed by atoms with Crippen molar-refractivity contribution in [3.63, 3.8) is 0 Å². The van der Waals surface area contributed by atoms with Crippen molar-refractivity contribution in [2.45, 2.75) is 19.9 Å². The van der Waals surface area contributed by atoms with Crippen molar-refractivity contribution in [2.75, 3.05) is 26.2 Å². The van der Waals surface area contributed by atoms with Crippen LogP contribution in [0.25, 0.3) is 11.5 Å². The van der Waals surface area contributed by atoms with Gasteiger partial charge in [-0.25, -0.2) is 9.07 Å². The third kappa shape index (κ3) is 3.97. The van der Waals surface area contributed by atoms with E-state index in [2.05, 4.69) is 16.1 Å². The van der Waals surface area contributed by atoms with Gasteiger partial charge < -0.3 is 9.47 Å². The molecule has 2 aromatic heterocycles. The first-order chi connectivity index (χ1) is 15.0. The van der Waals surface area contributed by atoms with Crippen LogP contribution in [0.1, 0.15) is 24.2 Å². The summed E-state index contributed by atoms with van der Waals surface area (Å²) in [6.07, 6.45) is 5.12. The molecular formula is C23H25FN6O. The number of carbonyl (C=O) groups excluding carboxylic acids is 1. The van der Waals surface area contributed by atoms with E-state index in [0.717, 1.165) is 0 Å². The molecular weight excluding hydrogens is 395 g/mol. The summed E-state index contributed by atoms with van der Waals surface area (Å²) in [6, 6.07) is 12.3. The topological polar surface area (TPSA) is 70.1 Å². The van der Waals surface area contributed by atoms with Crippen molar-refractivity contribution in [2.24, 2.45) is 5.92 Å². The Bertz CT molecular complexity index is 1090. The maximum Gasteiger partial charge on any atom is 0.259 e. The van der Waals surface area contributed by atoms with Gasteiger partial charge in [0.1, 0.15) is 23.1 Å². The van der Waals surface area contributed by atoms with Gasteiger partial charge in [0.05, 0.1) is 12.3 Å². The number of benzene rings is 1. The maximum absolute atomic E-state index is 14.5. The van der Waals surface area contributed by atoms with Crippen molar-refractivity contribution in [3.8, 4) is 17.6 Å². The second kappa shape index (κ2) is 8.74. The third-order valence-electron chi connectivity index (χ3n) is 5.66. The summed E-state index contributed by atoms with van der Waals surface area (Å²) in [5.41, 5.74) is 0.692. The molecule has 0 aliphatic carbocycles. The van der Waals surface area contributed by atoms with E-state index in [-0.39, 0.29) is 23.6 Å². The van der Waals surface area contributed by atoms with Gasteiger partial charge in [0.25, 0.3) is 5.91 Å². The van der Waals surface area contributed by atoms with E-state index in [1.54, 1.807) is 27.7 Å². The number of nitrogens with zero attached hydrogens (tertiary/aromatic N) is 6. The van der Waals surface area contributed by atoms with Crippen LogP contribution in [0.5, 0.6) is 0 Å². The van der Waals surface area contributed by atoms with E-state index in [1.807, 2.05) is 38.4 Å². The zero-order valence-electron chi connectivity index (χ0n) is 17.6. The summed E-state index contributed by atoms with van der Waals surface area (Å²) >= 11 is 0. The average molecular weight is 420 g/mol. The first kappa shape index (κ1) is 20.8. The maximum atomic E-state index is 14.5. The summed E-state index contributed by atoms with van der Waals surface area (Å²) in [4.78, 5) is 17.3. The number of hydrogen-bond acceptors (Lipinski definition) is 4. The first-order valence-electron chi connectivity index (χ1n) is 10.4. The number of rotatable bonds is 5. The fourth-order valence-electron chi connectivity index (χ4n) is 4.04. The molecule has 1 aliphatic rings. The molecule has 1 unspecified atom stereocenters. The molecule has 4 rings (SSSR count). The Kier molecular flexibility index (Phi) is 5.87. The number of nitriles is 1. The van der Waals surface area contributed by atoms with Crippen LogP contribution in [0.15, 0.2) is 55.0 Å². The van der Waals surface area contributed by atoms with E-state index in [1.165, 1.54) is 16.9 Å². The number of amides is 1. The van der Waals surface area contributed by atoms with Crippen LogP contribution in [0, 0.1) is 23.1 Å². The molecule has 1 aromatic carbocycles. The Morgan fingerprint density at radius 2 is 1.77 bits per heavy atom. The Hall–Kier alpha value is -3.44. The van der Waals surface area contributed by atoms with Crippen molar-refractivity contribution in [1.82, 2.24) is 24.1 Å². The molecule has 8 heteroatoms.